The second-order valence-electron chi connectivity index (χ2n) is 7.50. The standard InChI is InChI=1S/C20H27ClN6O2/c1-27(2)12-17-7-8-23-20(26-17)25-16-5-3-15(4-6-16)24-19(28)13-29-18-9-14(21)10-22-11-18/h7-11,15-16H,3-6,12-13H2,1-2H3,(H,24,28)(H,23,25,26). The Balaban J connectivity index is 1.39. The maximum absolute atomic E-state index is 12.1. The monoisotopic (exact) mass is 418 g/mol. The Kier molecular flexibility index (Phi) is 7.60. The summed E-state index contributed by atoms with van der Waals surface area (Å²) in [5.41, 5.74) is 0.989. The van der Waals surface area contributed by atoms with Gasteiger partial charge >= 0.3 is 0 Å². The summed E-state index contributed by atoms with van der Waals surface area (Å²) in [6.45, 7) is 0.732. The van der Waals surface area contributed by atoms with E-state index in [0.29, 0.717) is 22.8 Å². The highest BCUT2D eigenvalue weighted by atomic mass is 35.5. The van der Waals surface area contributed by atoms with E-state index in [0.717, 1.165) is 37.9 Å². The van der Waals surface area contributed by atoms with E-state index in [1.165, 1.54) is 12.4 Å². The van der Waals surface area contributed by atoms with Crippen molar-refractivity contribution in [2.75, 3.05) is 26.0 Å². The number of nitrogens with zero attached hydrogens (tertiary/aromatic N) is 4. The first-order chi connectivity index (χ1) is 14.0. The van der Waals surface area contributed by atoms with Gasteiger partial charge in [0.2, 0.25) is 5.95 Å². The summed E-state index contributed by atoms with van der Waals surface area (Å²) in [6, 6.07) is 4.03. The highest BCUT2D eigenvalue weighted by molar-refractivity contribution is 6.30. The van der Waals surface area contributed by atoms with Crippen molar-refractivity contribution in [3.8, 4) is 5.75 Å². The molecule has 0 aliphatic heterocycles. The number of hydrogen-bond donors (Lipinski definition) is 2. The minimum Gasteiger partial charge on any atom is -0.482 e. The molecule has 156 valence electrons. The van der Waals surface area contributed by atoms with Crippen LogP contribution < -0.4 is 15.4 Å². The zero-order chi connectivity index (χ0) is 20.6. The fourth-order valence-corrected chi connectivity index (χ4v) is 3.50. The summed E-state index contributed by atoms with van der Waals surface area (Å²) < 4.78 is 5.44. The Labute approximate surface area is 176 Å². The van der Waals surface area contributed by atoms with Gasteiger partial charge in [-0.15, -0.1) is 0 Å². The third-order valence-corrected chi connectivity index (χ3v) is 4.87. The fourth-order valence-electron chi connectivity index (χ4n) is 3.33. The van der Waals surface area contributed by atoms with Gasteiger partial charge in [0.15, 0.2) is 6.61 Å². The van der Waals surface area contributed by atoms with Crippen molar-refractivity contribution in [2.45, 2.75) is 44.3 Å². The lowest BCUT2D eigenvalue weighted by Crippen LogP contribution is -2.42. The molecule has 3 rings (SSSR count). The molecule has 1 aliphatic carbocycles. The first-order valence-electron chi connectivity index (χ1n) is 9.74. The topological polar surface area (TPSA) is 92.3 Å². The van der Waals surface area contributed by atoms with Crippen molar-refractivity contribution in [3.05, 3.63) is 41.4 Å². The largest absolute Gasteiger partial charge is 0.482 e. The minimum atomic E-state index is -0.138. The predicted molar refractivity (Wildman–Crippen MR) is 112 cm³/mol. The van der Waals surface area contributed by atoms with Gasteiger partial charge in [0.05, 0.1) is 16.9 Å². The minimum absolute atomic E-state index is 0.0489. The van der Waals surface area contributed by atoms with Crippen molar-refractivity contribution in [2.24, 2.45) is 0 Å². The summed E-state index contributed by atoms with van der Waals surface area (Å²) in [7, 11) is 4.03. The molecular weight excluding hydrogens is 392 g/mol. The number of hydrogen-bond acceptors (Lipinski definition) is 7. The Morgan fingerprint density at radius 1 is 1.24 bits per heavy atom. The Hall–Kier alpha value is -2.45. The summed E-state index contributed by atoms with van der Waals surface area (Å²) in [5, 5.41) is 6.94. The Morgan fingerprint density at radius 3 is 2.72 bits per heavy atom. The Bertz CT molecular complexity index is 811. The van der Waals surface area contributed by atoms with Gasteiger partial charge in [0.1, 0.15) is 5.75 Å². The maximum Gasteiger partial charge on any atom is 0.258 e. The molecule has 29 heavy (non-hydrogen) atoms. The lowest BCUT2D eigenvalue weighted by molar-refractivity contribution is -0.124. The van der Waals surface area contributed by atoms with Crippen LogP contribution >= 0.6 is 11.6 Å². The molecule has 0 bridgehead atoms. The number of rotatable bonds is 8. The van der Waals surface area contributed by atoms with E-state index in [2.05, 4.69) is 30.5 Å². The molecule has 0 spiro atoms. The molecule has 0 aromatic carbocycles. The first-order valence-corrected chi connectivity index (χ1v) is 10.1. The first kappa shape index (κ1) is 21.3. The molecule has 1 saturated carbocycles. The molecule has 1 aliphatic rings. The molecule has 0 unspecified atom stereocenters. The average Bonchev–Trinajstić information content (AvgIpc) is 2.68. The van der Waals surface area contributed by atoms with Crippen LogP contribution in [0.4, 0.5) is 5.95 Å². The van der Waals surface area contributed by atoms with Crippen molar-refractivity contribution >= 4 is 23.5 Å². The zero-order valence-corrected chi connectivity index (χ0v) is 17.5. The molecule has 8 nitrogen and oxygen atoms in total. The second-order valence-corrected chi connectivity index (χ2v) is 7.93. The van der Waals surface area contributed by atoms with Crippen LogP contribution in [0.15, 0.2) is 30.7 Å². The van der Waals surface area contributed by atoms with Gasteiger partial charge in [-0.3, -0.25) is 9.78 Å². The molecule has 0 saturated heterocycles. The van der Waals surface area contributed by atoms with E-state index in [4.69, 9.17) is 16.3 Å². The number of ether oxygens (including phenoxy) is 1. The van der Waals surface area contributed by atoms with Gasteiger partial charge in [0.25, 0.3) is 5.91 Å². The molecule has 2 aromatic heterocycles. The number of carbonyl (C=O) groups excluding carboxylic acids is 1. The van der Waals surface area contributed by atoms with Gasteiger partial charge in [-0.05, 0) is 45.8 Å². The van der Waals surface area contributed by atoms with Crippen LogP contribution in [0.1, 0.15) is 31.4 Å². The van der Waals surface area contributed by atoms with Crippen LogP contribution in [0.3, 0.4) is 0 Å². The van der Waals surface area contributed by atoms with Gasteiger partial charge in [-0.25, -0.2) is 9.97 Å². The van der Waals surface area contributed by atoms with Crippen molar-refractivity contribution < 1.29 is 9.53 Å². The van der Waals surface area contributed by atoms with Crippen LogP contribution in [0.5, 0.6) is 5.75 Å². The summed E-state index contributed by atoms with van der Waals surface area (Å²) in [6.07, 6.45) is 8.54. The van der Waals surface area contributed by atoms with E-state index >= 15 is 0 Å². The molecule has 9 heteroatoms. The molecule has 2 N–H and O–H groups in total. The van der Waals surface area contributed by atoms with Crippen molar-refractivity contribution in [1.82, 2.24) is 25.2 Å². The quantitative estimate of drug-likeness (QED) is 0.680. The lowest BCUT2D eigenvalue weighted by atomic mass is 9.91. The molecule has 1 amide bonds. The molecule has 0 radical (unpaired) electrons. The zero-order valence-electron chi connectivity index (χ0n) is 16.8. The molecular formula is C20H27ClN6O2. The third kappa shape index (κ3) is 7.14. The lowest BCUT2D eigenvalue weighted by Gasteiger charge is -2.29. The highest BCUT2D eigenvalue weighted by Gasteiger charge is 2.23. The SMILES string of the molecule is CN(C)Cc1ccnc(NC2CCC(NC(=O)COc3cncc(Cl)c3)CC2)n1. The van der Waals surface area contributed by atoms with Gasteiger partial charge in [-0.2, -0.15) is 0 Å². The summed E-state index contributed by atoms with van der Waals surface area (Å²) >= 11 is 5.86. The smallest absolute Gasteiger partial charge is 0.258 e. The van der Waals surface area contributed by atoms with Crippen LogP contribution in [0.2, 0.25) is 5.02 Å². The van der Waals surface area contributed by atoms with Crippen molar-refractivity contribution in [1.29, 1.82) is 0 Å². The van der Waals surface area contributed by atoms with Crippen molar-refractivity contribution in [3.63, 3.8) is 0 Å². The number of carbonyl (C=O) groups is 1. The summed E-state index contributed by atoms with van der Waals surface area (Å²) in [5.74, 6) is 1.01. The van der Waals surface area contributed by atoms with E-state index in [9.17, 15) is 4.79 Å². The number of nitrogens with one attached hydrogen (secondary N) is 2. The number of pyridine rings is 1. The summed E-state index contributed by atoms with van der Waals surface area (Å²) in [4.78, 5) is 27.0. The van der Waals surface area contributed by atoms with Gasteiger partial charge < -0.3 is 20.3 Å². The third-order valence-electron chi connectivity index (χ3n) is 4.67. The van der Waals surface area contributed by atoms with E-state index in [1.54, 1.807) is 12.3 Å². The second kappa shape index (κ2) is 10.4. The van der Waals surface area contributed by atoms with Crippen LogP contribution in [0, 0.1) is 0 Å². The number of aromatic nitrogens is 3. The van der Waals surface area contributed by atoms with E-state index < -0.39 is 0 Å². The van der Waals surface area contributed by atoms with Gasteiger partial charge in [-0.1, -0.05) is 11.6 Å². The number of halogens is 1. The van der Waals surface area contributed by atoms with E-state index in [1.807, 2.05) is 20.2 Å². The molecule has 2 aromatic rings. The molecule has 2 heterocycles. The normalized spacial score (nSPS) is 19.0. The van der Waals surface area contributed by atoms with Gasteiger partial charge in [0, 0.05) is 37.1 Å². The van der Waals surface area contributed by atoms with Crippen LogP contribution in [-0.2, 0) is 11.3 Å². The predicted octanol–water partition coefficient (Wildman–Crippen LogP) is 2.50. The molecule has 0 atom stereocenters. The van der Waals surface area contributed by atoms with Crippen LogP contribution in [-0.4, -0.2) is 58.5 Å². The Morgan fingerprint density at radius 2 is 2.00 bits per heavy atom. The fraction of sp³-hybridized carbons (Fsp3) is 0.500. The van der Waals surface area contributed by atoms with E-state index in [-0.39, 0.29) is 18.6 Å². The number of amides is 1. The number of anilines is 1. The highest BCUT2D eigenvalue weighted by Crippen LogP contribution is 2.21. The molecule has 1 fully saturated rings. The average molecular weight is 419 g/mol. The van der Waals surface area contributed by atoms with Crippen LogP contribution in [0.25, 0.3) is 0 Å². The maximum atomic E-state index is 12.1.